The molecule has 1 aliphatic rings. The fourth-order valence-corrected chi connectivity index (χ4v) is 4.17. The Kier molecular flexibility index (Phi) is 5.79. The summed E-state index contributed by atoms with van der Waals surface area (Å²) in [5.74, 6) is 0.145. The van der Waals surface area contributed by atoms with Crippen LogP contribution >= 0.6 is 0 Å². The van der Waals surface area contributed by atoms with Gasteiger partial charge in [-0.3, -0.25) is 9.52 Å². The Balaban J connectivity index is 1.99. The molecule has 10 heteroatoms. The van der Waals surface area contributed by atoms with E-state index >= 15 is 0 Å². The smallest absolute Gasteiger partial charge is 0.416 e. The molecule has 0 unspecified atom stereocenters. The summed E-state index contributed by atoms with van der Waals surface area (Å²) in [6.07, 6.45) is -3.14. The number of nitrogens with one attached hydrogen (secondary N) is 1. The van der Waals surface area contributed by atoms with E-state index in [1.807, 2.05) is 0 Å². The largest absolute Gasteiger partial charge is 0.490 e. The molecule has 2 aromatic rings. The molecule has 0 fully saturated rings. The van der Waals surface area contributed by atoms with Gasteiger partial charge < -0.3 is 9.64 Å². The van der Waals surface area contributed by atoms with Gasteiger partial charge in [0.05, 0.1) is 27.2 Å². The highest BCUT2D eigenvalue weighted by Crippen LogP contribution is 2.38. The van der Waals surface area contributed by atoms with Crippen LogP contribution in [0.1, 0.15) is 19.4 Å². The van der Waals surface area contributed by atoms with Crippen LogP contribution in [-0.4, -0.2) is 27.5 Å². The third kappa shape index (κ3) is 4.68. The maximum Gasteiger partial charge on any atom is 0.416 e. The van der Waals surface area contributed by atoms with Crippen molar-refractivity contribution in [2.75, 3.05) is 22.8 Å². The van der Waals surface area contributed by atoms with Crippen LogP contribution in [0.5, 0.6) is 5.75 Å². The molecule has 0 aliphatic carbocycles. The number of carbonyl (C=O) groups is 1. The third-order valence-electron chi connectivity index (χ3n) is 4.70. The van der Waals surface area contributed by atoms with Crippen molar-refractivity contribution in [2.45, 2.75) is 24.9 Å². The predicted octanol–water partition coefficient (Wildman–Crippen LogP) is 4.44. The van der Waals surface area contributed by atoms with Crippen LogP contribution in [0.15, 0.2) is 60.0 Å². The molecule has 0 bridgehead atoms. The van der Waals surface area contributed by atoms with Gasteiger partial charge in [-0.25, -0.2) is 8.42 Å². The van der Waals surface area contributed by atoms with Gasteiger partial charge in [0.2, 0.25) is 5.91 Å². The number of halogens is 3. The number of carbonyl (C=O) groups excluding carboxylic acids is 1. The molecule has 0 radical (unpaired) electrons. The summed E-state index contributed by atoms with van der Waals surface area (Å²) in [5.41, 5.74) is -1.49. The third-order valence-corrected chi connectivity index (χ3v) is 6.08. The predicted molar refractivity (Wildman–Crippen MR) is 111 cm³/mol. The number of amides is 1. The molecule has 1 heterocycles. The van der Waals surface area contributed by atoms with Crippen LogP contribution in [0.2, 0.25) is 0 Å². The summed E-state index contributed by atoms with van der Waals surface area (Å²) < 4.78 is 72.2. The zero-order chi connectivity index (χ0) is 23.0. The average Bonchev–Trinajstić information content (AvgIpc) is 2.78. The molecule has 0 saturated carbocycles. The quantitative estimate of drug-likeness (QED) is 0.678. The van der Waals surface area contributed by atoms with Crippen molar-refractivity contribution in [2.24, 2.45) is 5.41 Å². The van der Waals surface area contributed by atoms with E-state index in [0.29, 0.717) is 17.5 Å². The van der Waals surface area contributed by atoms with E-state index in [1.165, 1.54) is 29.2 Å². The Bertz CT molecular complexity index is 1130. The molecule has 3 rings (SSSR count). The van der Waals surface area contributed by atoms with Crippen molar-refractivity contribution in [1.29, 1.82) is 0 Å². The fourth-order valence-electron chi connectivity index (χ4n) is 3.07. The lowest BCUT2D eigenvalue weighted by Crippen LogP contribution is -2.42. The summed E-state index contributed by atoms with van der Waals surface area (Å²) in [6, 6.07) is 7.77. The van der Waals surface area contributed by atoms with Gasteiger partial charge in [-0.15, -0.1) is 6.58 Å². The first-order valence-electron chi connectivity index (χ1n) is 9.25. The normalized spacial score (nSPS) is 16.2. The number of sulfonamides is 1. The number of ether oxygens (including phenoxy) is 1. The lowest BCUT2D eigenvalue weighted by atomic mass is 9.93. The minimum atomic E-state index is -4.68. The lowest BCUT2D eigenvalue weighted by Gasteiger charge is -2.27. The van der Waals surface area contributed by atoms with E-state index in [4.69, 9.17) is 4.74 Å². The van der Waals surface area contributed by atoms with Gasteiger partial charge in [0.25, 0.3) is 10.0 Å². The minimum Gasteiger partial charge on any atom is -0.490 e. The molecule has 6 nitrogen and oxygen atoms in total. The number of alkyl halides is 3. The molecule has 166 valence electrons. The van der Waals surface area contributed by atoms with E-state index in [2.05, 4.69) is 11.3 Å². The van der Waals surface area contributed by atoms with E-state index in [1.54, 1.807) is 13.8 Å². The van der Waals surface area contributed by atoms with E-state index in [0.717, 1.165) is 18.2 Å². The number of nitrogens with zero attached hydrogens (tertiary/aromatic N) is 1. The number of fused-ring (bicyclic) bond motifs is 1. The number of hydrogen-bond donors (Lipinski definition) is 1. The summed E-state index contributed by atoms with van der Waals surface area (Å²) in [4.78, 5) is 13.8. The van der Waals surface area contributed by atoms with Gasteiger partial charge in [0, 0.05) is 6.54 Å². The minimum absolute atomic E-state index is 0.0707. The van der Waals surface area contributed by atoms with Crippen molar-refractivity contribution in [3.05, 3.63) is 60.7 Å². The Morgan fingerprint density at radius 2 is 1.94 bits per heavy atom. The molecular formula is C21H21F3N2O4S. The molecule has 31 heavy (non-hydrogen) atoms. The van der Waals surface area contributed by atoms with Gasteiger partial charge in [-0.05, 0) is 50.2 Å². The number of anilines is 2. The van der Waals surface area contributed by atoms with Gasteiger partial charge in [0.15, 0.2) is 0 Å². The highest BCUT2D eigenvalue weighted by atomic mass is 32.2. The van der Waals surface area contributed by atoms with Crippen molar-refractivity contribution >= 4 is 27.3 Å². The standard InChI is InChI=1S/C21H21F3N2O4S/c1-4-10-26-17-12-15(8-9-18(17)30-13-20(2,3)19(26)27)25-31(28,29)16-7-5-6-14(11-16)21(22,23)24/h4-9,11-12,25H,1,10,13H2,2-3H3. The highest BCUT2D eigenvalue weighted by Gasteiger charge is 2.37. The number of hydrogen-bond acceptors (Lipinski definition) is 4. The van der Waals surface area contributed by atoms with Crippen molar-refractivity contribution in [1.82, 2.24) is 0 Å². The molecule has 0 spiro atoms. The SMILES string of the molecule is C=CCN1C(=O)C(C)(C)COc2ccc(NS(=O)(=O)c3cccc(C(F)(F)F)c3)cc21. The zero-order valence-corrected chi connectivity index (χ0v) is 17.7. The van der Waals surface area contributed by atoms with E-state index in [-0.39, 0.29) is 24.7 Å². The lowest BCUT2D eigenvalue weighted by molar-refractivity contribution is -0.137. The monoisotopic (exact) mass is 454 g/mol. The van der Waals surface area contributed by atoms with Crippen molar-refractivity contribution in [3.63, 3.8) is 0 Å². The van der Waals surface area contributed by atoms with Gasteiger partial charge in [-0.1, -0.05) is 12.1 Å². The maximum absolute atomic E-state index is 13.0. The molecule has 1 amide bonds. The maximum atomic E-state index is 13.0. The highest BCUT2D eigenvalue weighted by molar-refractivity contribution is 7.92. The first kappa shape index (κ1) is 22.7. The van der Waals surface area contributed by atoms with Crippen LogP contribution in [0, 0.1) is 5.41 Å². The first-order valence-corrected chi connectivity index (χ1v) is 10.7. The second kappa shape index (κ2) is 7.92. The second-order valence-electron chi connectivity index (χ2n) is 7.69. The second-order valence-corrected chi connectivity index (χ2v) is 9.37. The number of benzene rings is 2. The molecule has 1 aliphatic heterocycles. The molecule has 2 aromatic carbocycles. The van der Waals surface area contributed by atoms with Gasteiger partial charge >= 0.3 is 6.18 Å². The van der Waals surface area contributed by atoms with Crippen molar-refractivity contribution < 1.29 is 31.1 Å². The Labute approximate surface area is 178 Å². The zero-order valence-electron chi connectivity index (χ0n) is 16.9. The molecular weight excluding hydrogens is 433 g/mol. The van der Waals surface area contributed by atoms with Crippen LogP contribution in [0.4, 0.5) is 24.5 Å². The molecule has 1 N–H and O–H groups in total. The van der Waals surface area contributed by atoms with Crippen molar-refractivity contribution in [3.8, 4) is 5.75 Å². The Hall–Kier alpha value is -3.01. The topological polar surface area (TPSA) is 75.7 Å². The fraction of sp³-hybridized carbons (Fsp3) is 0.286. The summed E-state index contributed by atoms with van der Waals surface area (Å²) in [5, 5.41) is 0. The molecule has 0 aromatic heterocycles. The van der Waals surface area contributed by atoms with Gasteiger partial charge in [0.1, 0.15) is 12.4 Å². The van der Waals surface area contributed by atoms with Gasteiger partial charge in [-0.2, -0.15) is 13.2 Å². The van der Waals surface area contributed by atoms with Crippen LogP contribution < -0.4 is 14.4 Å². The number of rotatable bonds is 5. The summed E-state index contributed by atoms with van der Waals surface area (Å²) in [6.45, 7) is 7.41. The Morgan fingerprint density at radius 3 is 2.58 bits per heavy atom. The molecule has 0 saturated heterocycles. The van der Waals surface area contributed by atoms with Crippen LogP contribution in [0.25, 0.3) is 0 Å². The average molecular weight is 454 g/mol. The molecule has 0 atom stereocenters. The van der Waals surface area contributed by atoms with E-state index in [9.17, 15) is 26.4 Å². The first-order chi connectivity index (χ1) is 14.3. The van der Waals surface area contributed by atoms with E-state index < -0.39 is 32.1 Å². The Morgan fingerprint density at radius 1 is 1.23 bits per heavy atom. The summed E-state index contributed by atoms with van der Waals surface area (Å²) >= 11 is 0. The summed E-state index contributed by atoms with van der Waals surface area (Å²) in [7, 11) is -4.31. The van der Waals surface area contributed by atoms with Crippen LogP contribution in [-0.2, 0) is 21.0 Å². The van der Waals surface area contributed by atoms with Crippen LogP contribution in [0.3, 0.4) is 0 Å².